The number of hydrogen-bond acceptors (Lipinski definition) is 4. The van der Waals surface area contributed by atoms with Crippen LogP contribution in [0.4, 0.5) is 11.4 Å². The Bertz CT molecular complexity index is 1160. The zero-order chi connectivity index (χ0) is 22.0. The average molecular weight is 412 g/mol. The first kappa shape index (κ1) is 20.4. The lowest BCUT2D eigenvalue weighted by molar-refractivity contribution is -0.120. The quantitative estimate of drug-likeness (QED) is 0.581. The molecule has 0 fully saturated rings. The Kier molecular flexibility index (Phi) is 5.58. The fourth-order valence-electron chi connectivity index (χ4n) is 3.63. The van der Waals surface area contributed by atoms with Gasteiger partial charge in [0.25, 0.3) is 11.8 Å². The zero-order valence-electron chi connectivity index (χ0n) is 17.8. The number of ether oxygens (including phenoxy) is 1. The molecule has 31 heavy (non-hydrogen) atoms. The first-order valence-electron chi connectivity index (χ1n) is 10.2. The Hall–Kier alpha value is -3.86. The maximum Gasteiger partial charge on any atom is 0.282 e. The van der Waals surface area contributed by atoms with Crippen LogP contribution in [-0.2, 0) is 16.0 Å². The molecule has 0 unspecified atom stereocenters. The molecule has 1 aliphatic rings. The molecule has 5 heteroatoms. The summed E-state index contributed by atoms with van der Waals surface area (Å²) in [6.07, 6.45) is 0.885. The number of hydrogen-bond donors (Lipinski definition) is 1. The monoisotopic (exact) mass is 412 g/mol. The number of amides is 2. The van der Waals surface area contributed by atoms with E-state index in [1.165, 1.54) is 4.90 Å². The normalized spacial score (nSPS) is 13.7. The summed E-state index contributed by atoms with van der Waals surface area (Å²) in [5, 5.41) is 3.17. The summed E-state index contributed by atoms with van der Waals surface area (Å²) in [5.41, 5.74) is 4.65. The molecule has 0 spiro atoms. The highest BCUT2D eigenvalue weighted by Crippen LogP contribution is 2.35. The van der Waals surface area contributed by atoms with Gasteiger partial charge in [0, 0.05) is 0 Å². The molecule has 0 radical (unpaired) electrons. The van der Waals surface area contributed by atoms with Crippen LogP contribution in [0.1, 0.15) is 23.6 Å². The minimum absolute atomic E-state index is 0.234. The van der Waals surface area contributed by atoms with Crippen molar-refractivity contribution in [1.29, 1.82) is 0 Å². The van der Waals surface area contributed by atoms with Crippen molar-refractivity contribution in [2.24, 2.45) is 0 Å². The first-order valence-corrected chi connectivity index (χ1v) is 10.2. The van der Waals surface area contributed by atoms with E-state index in [-0.39, 0.29) is 11.6 Å². The number of carbonyl (C=O) groups excluding carboxylic acids is 2. The fraction of sp³-hybridized carbons (Fsp3) is 0.154. The summed E-state index contributed by atoms with van der Waals surface area (Å²) >= 11 is 0. The molecule has 3 aromatic carbocycles. The van der Waals surface area contributed by atoms with Gasteiger partial charge < -0.3 is 10.1 Å². The Labute approximate surface area is 182 Å². The van der Waals surface area contributed by atoms with Crippen LogP contribution < -0.4 is 15.0 Å². The second-order valence-corrected chi connectivity index (χ2v) is 7.41. The van der Waals surface area contributed by atoms with Crippen molar-refractivity contribution in [3.63, 3.8) is 0 Å². The van der Waals surface area contributed by atoms with Crippen molar-refractivity contribution in [1.82, 2.24) is 0 Å². The van der Waals surface area contributed by atoms with Crippen molar-refractivity contribution in [2.75, 3.05) is 17.3 Å². The molecular weight excluding hydrogens is 388 g/mol. The van der Waals surface area contributed by atoms with Crippen molar-refractivity contribution in [3.05, 3.63) is 95.2 Å². The van der Waals surface area contributed by atoms with Gasteiger partial charge >= 0.3 is 0 Å². The lowest BCUT2D eigenvalue weighted by Gasteiger charge is -2.16. The van der Waals surface area contributed by atoms with Gasteiger partial charge in [0.2, 0.25) is 0 Å². The highest BCUT2D eigenvalue weighted by molar-refractivity contribution is 6.46. The van der Waals surface area contributed by atoms with E-state index in [1.54, 1.807) is 13.2 Å². The molecule has 5 nitrogen and oxygen atoms in total. The summed E-state index contributed by atoms with van der Waals surface area (Å²) in [5.74, 6) is -0.157. The standard InChI is InChI=1S/C26H24N2O3/c1-4-18-11-15-20(16-12-18)28-25(29)23(19-13-9-17(2)10-14-19)24(26(28)30)27-21-7-5-6-8-22(21)31-3/h5-16,27H,4H2,1-3H3. The molecule has 0 saturated heterocycles. The van der Waals surface area contributed by atoms with Crippen LogP contribution in [0.3, 0.4) is 0 Å². The molecule has 4 rings (SSSR count). The van der Waals surface area contributed by atoms with Gasteiger partial charge in [0.05, 0.1) is 24.1 Å². The molecular formula is C26H24N2O3. The van der Waals surface area contributed by atoms with Gasteiger partial charge in [-0.1, -0.05) is 61.0 Å². The van der Waals surface area contributed by atoms with Crippen LogP contribution in [0.2, 0.25) is 0 Å². The minimum Gasteiger partial charge on any atom is -0.495 e. The zero-order valence-corrected chi connectivity index (χ0v) is 17.8. The Morgan fingerprint density at radius 3 is 2.19 bits per heavy atom. The summed E-state index contributed by atoms with van der Waals surface area (Å²) in [4.78, 5) is 28.2. The second-order valence-electron chi connectivity index (χ2n) is 7.41. The van der Waals surface area contributed by atoms with Crippen LogP contribution in [0.25, 0.3) is 5.57 Å². The largest absolute Gasteiger partial charge is 0.495 e. The van der Waals surface area contributed by atoms with Gasteiger partial charge in [0.1, 0.15) is 11.4 Å². The smallest absolute Gasteiger partial charge is 0.282 e. The Balaban J connectivity index is 1.81. The number of nitrogens with one attached hydrogen (secondary N) is 1. The topological polar surface area (TPSA) is 58.6 Å². The second kappa shape index (κ2) is 8.48. The molecule has 1 heterocycles. The van der Waals surface area contributed by atoms with Gasteiger partial charge in [0.15, 0.2) is 0 Å². The van der Waals surface area contributed by atoms with E-state index >= 15 is 0 Å². The molecule has 1 N–H and O–H groups in total. The average Bonchev–Trinajstić information content (AvgIpc) is 3.04. The predicted molar refractivity (Wildman–Crippen MR) is 123 cm³/mol. The molecule has 1 aliphatic heterocycles. The number of rotatable bonds is 6. The summed E-state index contributed by atoms with van der Waals surface area (Å²) < 4.78 is 5.42. The third-order valence-electron chi connectivity index (χ3n) is 5.39. The molecule has 0 aromatic heterocycles. The molecule has 0 bridgehead atoms. The highest BCUT2D eigenvalue weighted by atomic mass is 16.5. The number of para-hydroxylation sites is 2. The van der Waals surface area contributed by atoms with E-state index in [2.05, 4.69) is 12.2 Å². The lowest BCUT2D eigenvalue weighted by Crippen LogP contribution is -2.32. The number of aryl methyl sites for hydroxylation is 2. The Morgan fingerprint density at radius 2 is 1.55 bits per heavy atom. The first-order chi connectivity index (χ1) is 15.0. The lowest BCUT2D eigenvalue weighted by atomic mass is 10.0. The van der Waals surface area contributed by atoms with E-state index in [0.717, 1.165) is 17.5 Å². The van der Waals surface area contributed by atoms with Crippen LogP contribution in [0.5, 0.6) is 5.75 Å². The third-order valence-corrected chi connectivity index (χ3v) is 5.39. The minimum atomic E-state index is -0.393. The molecule has 3 aromatic rings. The number of imide groups is 1. The highest BCUT2D eigenvalue weighted by Gasteiger charge is 2.40. The maximum atomic E-state index is 13.5. The number of anilines is 2. The van der Waals surface area contributed by atoms with Crippen molar-refractivity contribution >= 4 is 28.8 Å². The van der Waals surface area contributed by atoms with E-state index < -0.39 is 5.91 Å². The van der Waals surface area contributed by atoms with Crippen LogP contribution in [0.15, 0.2) is 78.5 Å². The van der Waals surface area contributed by atoms with E-state index in [9.17, 15) is 9.59 Å². The fourth-order valence-corrected chi connectivity index (χ4v) is 3.63. The van der Waals surface area contributed by atoms with Crippen molar-refractivity contribution in [3.8, 4) is 5.75 Å². The third kappa shape index (κ3) is 3.82. The number of methoxy groups -OCH3 is 1. The van der Waals surface area contributed by atoms with Crippen LogP contribution in [0, 0.1) is 6.92 Å². The molecule has 0 atom stereocenters. The summed E-state index contributed by atoms with van der Waals surface area (Å²) in [6.45, 7) is 4.04. The van der Waals surface area contributed by atoms with Gasteiger partial charge in [-0.3, -0.25) is 9.59 Å². The van der Waals surface area contributed by atoms with E-state index in [4.69, 9.17) is 4.74 Å². The number of nitrogens with zero attached hydrogens (tertiary/aromatic N) is 1. The molecule has 156 valence electrons. The number of benzene rings is 3. The number of carbonyl (C=O) groups is 2. The van der Waals surface area contributed by atoms with Gasteiger partial charge in [-0.2, -0.15) is 0 Å². The van der Waals surface area contributed by atoms with Gasteiger partial charge in [-0.25, -0.2) is 4.90 Å². The van der Waals surface area contributed by atoms with Gasteiger partial charge in [-0.15, -0.1) is 0 Å². The SMILES string of the molecule is CCc1ccc(N2C(=O)C(Nc3ccccc3OC)=C(c3ccc(C)cc3)C2=O)cc1. The summed E-state index contributed by atoms with van der Waals surface area (Å²) in [6, 6.07) is 22.4. The van der Waals surface area contributed by atoms with Gasteiger partial charge in [-0.05, 0) is 48.7 Å². The van der Waals surface area contributed by atoms with Crippen LogP contribution in [-0.4, -0.2) is 18.9 Å². The molecule has 0 aliphatic carbocycles. The molecule has 0 saturated carbocycles. The maximum absolute atomic E-state index is 13.5. The summed E-state index contributed by atoms with van der Waals surface area (Å²) in [7, 11) is 1.57. The molecule has 2 amide bonds. The van der Waals surface area contributed by atoms with E-state index in [1.807, 2.05) is 73.7 Å². The van der Waals surface area contributed by atoms with Crippen molar-refractivity contribution < 1.29 is 14.3 Å². The van der Waals surface area contributed by atoms with Crippen molar-refractivity contribution in [2.45, 2.75) is 20.3 Å². The predicted octanol–water partition coefficient (Wildman–Crippen LogP) is 4.96. The van der Waals surface area contributed by atoms with E-state index in [0.29, 0.717) is 28.3 Å². The van der Waals surface area contributed by atoms with Crippen LogP contribution >= 0.6 is 0 Å². The Morgan fingerprint density at radius 1 is 0.871 bits per heavy atom.